The molecule has 3 aromatic heterocycles. The molecule has 0 atom stereocenters. The van der Waals surface area contributed by atoms with Crippen molar-refractivity contribution in [2.75, 3.05) is 43.4 Å². The molecule has 0 unspecified atom stereocenters. The molecule has 1 amide bonds. The zero-order valence-electron chi connectivity index (χ0n) is 23.6. The second kappa shape index (κ2) is 11.5. The van der Waals surface area contributed by atoms with E-state index in [-0.39, 0.29) is 11.7 Å². The van der Waals surface area contributed by atoms with Crippen LogP contribution in [0.4, 0.5) is 15.9 Å². The third kappa shape index (κ3) is 5.83. The fourth-order valence-corrected chi connectivity index (χ4v) is 4.90. The minimum Gasteiger partial charge on any atom is -0.459 e. The van der Waals surface area contributed by atoms with E-state index < -0.39 is 17.7 Å². The van der Waals surface area contributed by atoms with Gasteiger partial charge in [0, 0.05) is 66.3 Å². The van der Waals surface area contributed by atoms with E-state index in [0.29, 0.717) is 39.1 Å². The third-order valence-electron chi connectivity index (χ3n) is 7.17. The minimum atomic E-state index is -0.501. The summed E-state index contributed by atoms with van der Waals surface area (Å²) < 4.78 is 20.7. The van der Waals surface area contributed by atoms with E-state index in [1.54, 1.807) is 39.1 Å². The fraction of sp³-hybridized carbons (Fsp3) is 0.290. The maximum Gasteiger partial charge on any atom is 0.339 e. The lowest BCUT2D eigenvalue weighted by atomic mass is 9.96. The molecule has 1 aromatic carbocycles. The number of nitrogens with one attached hydrogen (secondary N) is 2. The van der Waals surface area contributed by atoms with Gasteiger partial charge in [0.05, 0.1) is 17.4 Å². The van der Waals surface area contributed by atoms with E-state index in [0.717, 1.165) is 43.6 Å². The zero-order chi connectivity index (χ0) is 29.3. The van der Waals surface area contributed by atoms with Gasteiger partial charge in [-0.2, -0.15) is 0 Å². The average molecular weight is 557 g/mol. The molecule has 41 heavy (non-hydrogen) atoms. The maximum absolute atomic E-state index is 15.3. The Balaban J connectivity index is 1.70. The number of benzene rings is 1. The van der Waals surface area contributed by atoms with E-state index in [1.165, 1.54) is 12.3 Å². The van der Waals surface area contributed by atoms with Gasteiger partial charge in [0.1, 0.15) is 17.3 Å². The molecule has 0 saturated carbocycles. The van der Waals surface area contributed by atoms with E-state index >= 15 is 4.39 Å². The van der Waals surface area contributed by atoms with Crippen molar-refractivity contribution in [3.8, 4) is 22.4 Å². The quantitative estimate of drug-likeness (QED) is 0.239. The van der Waals surface area contributed by atoms with Gasteiger partial charge in [-0.15, -0.1) is 0 Å². The number of carbonyl (C=O) groups excluding carboxylic acids is 2. The van der Waals surface area contributed by atoms with Crippen LogP contribution in [0.2, 0.25) is 0 Å². The second-order valence-corrected chi connectivity index (χ2v) is 10.5. The van der Waals surface area contributed by atoms with Gasteiger partial charge in [-0.25, -0.2) is 19.2 Å². The first-order chi connectivity index (χ1) is 19.6. The van der Waals surface area contributed by atoms with Crippen molar-refractivity contribution in [3.63, 3.8) is 0 Å². The Morgan fingerprint density at radius 3 is 2.59 bits per heavy atom. The van der Waals surface area contributed by atoms with Gasteiger partial charge in [0.25, 0.3) is 0 Å². The van der Waals surface area contributed by atoms with Gasteiger partial charge in [0.15, 0.2) is 0 Å². The molecular formula is C31H33FN6O3. The van der Waals surface area contributed by atoms with E-state index in [9.17, 15) is 9.59 Å². The number of amides is 1. The Morgan fingerprint density at radius 2 is 1.88 bits per heavy atom. The smallest absolute Gasteiger partial charge is 0.339 e. The van der Waals surface area contributed by atoms with Crippen LogP contribution >= 0.6 is 0 Å². The molecule has 4 heterocycles. The van der Waals surface area contributed by atoms with Crippen LogP contribution in [-0.4, -0.2) is 71.1 Å². The lowest BCUT2D eigenvalue weighted by Gasteiger charge is -2.33. The highest BCUT2D eigenvalue weighted by molar-refractivity contribution is 6.06. The number of likely N-dealkylation sites (N-methyl/N-ethyl adjacent to an activating group) is 1. The number of esters is 1. The molecule has 1 saturated heterocycles. The number of hydrogen-bond acceptors (Lipinski definition) is 7. The van der Waals surface area contributed by atoms with Crippen LogP contribution in [0.3, 0.4) is 0 Å². The zero-order valence-corrected chi connectivity index (χ0v) is 23.6. The number of pyridine rings is 2. The van der Waals surface area contributed by atoms with Crippen molar-refractivity contribution in [1.29, 1.82) is 0 Å². The number of nitrogens with zero attached hydrogens (tertiary/aromatic N) is 4. The van der Waals surface area contributed by atoms with Crippen molar-refractivity contribution in [2.45, 2.75) is 26.9 Å². The molecule has 0 bridgehead atoms. The number of aromatic amines is 1. The number of carbonyl (C=O) groups is 2. The lowest BCUT2D eigenvalue weighted by molar-refractivity contribution is -0.111. The molecule has 0 aliphatic carbocycles. The summed E-state index contributed by atoms with van der Waals surface area (Å²) in [5, 5.41) is 3.31. The van der Waals surface area contributed by atoms with Crippen molar-refractivity contribution in [2.24, 2.45) is 0 Å². The molecule has 1 aliphatic heterocycles. The van der Waals surface area contributed by atoms with Gasteiger partial charge in [-0.3, -0.25) is 4.79 Å². The Hall–Kier alpha value is -4.57. The van der Waals surface area contributed by atoms with Crippen LogP contribution in [0, 0.1) is 12.7 Å². The number of halogens is 1. The van der Waals surface area contributed by atoms with Crippen LogP contribution in [-0.2, 0) is 9.53 Å². The number of piperazine rings is 1. The minimum absolute atomic E-state index is 0.277. The summed E-state index contributed by atoms with van der Waals surface area (Å²) in [6.07, 6.45) is 4.05. The summed E-state index contributed by atoms with van der Waals surface area (Å²) in [5.41, 5.74) is 4.06. The number of anilines is 2. The Morgan fingerprint density at radius 1 is 1.12 bits per heavy atom. The van der Waals surface area contributed by atoms with Crippen LogP contribution in [0.15, 0.2) is 55.4 Å². The monoisotopic (exact) mass is 556 g/mol. The van der Waals surface area contributed by atoms with E-state index in [4.69, 9.17) is 4.74 Å². The summed E-state index contributed by atoms with van der Waals surface area (Å²) in [4.78, 5) is 41.9. The number of ether oxygens (including phenoxy) is 1. The summed E-state index contributed by atoms with van der Waals surface area (Å²) in [7, 11) is 2.10. The molecule has 10 heteroatoms. The van der Waals surface area contributed by atoms with E-state index in [1.807, 2.05) is 12.1 Å². The summed E-state index contributed by atoms with van der Waals surface area (Å²) in [5.74, 6) is -0.602. The standard InChI is InChI=1S/C31H33FN6O3/c1-6-27(39)35-25-15-21(14-24(32)19(25)4)28-23-13-22(31(40)41-18(2)3)17-34-30(23)36-29(28)20-7-8-33-26(16-20)38-11-9-37(5)10-12-38/h6-8,13-18H,1,9-12H2,2-5H3,(H,34,36)(H,35,39). The first-order valence-electron chi connectivity index (χ1n) is 13.5. The molecule has 5 rings (SSSR count). The molecule has 0 spiro atoms. The fourth-order valence-electron chi connectivity index (χ4n) is 4.90. The summed E-state index contributed by atoms with van der Waals surface area (Å²) in [6, 6.07) is 8.72. The molecule has 9 nitrogen and oxygen atoms in total. The molecular weight excluding hydrogens is 523 g/mol. The summed E-state index contributed by atoms with van der Waals surface area (Å²) >= 11 is 0. The highest BCUT2D eigenvalue weighted by atomic mass is 19.1. The number of aromatic nitrogens is 3. The second-order valence-electron chi connectivity index (χ2n) is 10.5. The highest BCUT2D eigenvalue weighted by Gasteiger charge is 2.22. The molecule has 0 radical (unpaired) electrons. The van der Waals surface area contributed by atoms with Crippen molar-refractivity contribution in [1.82, 2.24) is 19.9 Å². The Bertz CT molecular complexity index is 1640. The highest BCUT2D eigenvalue weighted by Crippen LogP contribution is 2.40. The van der Waals surface area contributed by atoms with Gasteiger partial charge in [-0.05, 0) is 69.8 Å². The first-order valence-corrected chi connectivity index (χ1v) is 13.5. The predicted molar refractivity (Wildman–Crippen MR) is 159 cm³/mol. The van der Waals surface area contributed by atoms with Crippen LogP contribution < -0.4 is 10.2 Å². The predicted octanol–water partition coefficient (Wildman–Crippen LogP) is 5.18. The van der Waals surface area contributed by atoms with Crippen LogP contribution in [0.1, 0.15) is 29.8 Å². The number of hydrogen-bond donors (Lipinski definition) is 2. The van der Waals surface area contributed by atoms with Crippen molar-refractivity contribution in [3.05, 3.63) is 72.3 Å². The van der Waals surface area contributed by atoms with Gasteiger partial charge in [-0.1, -0.05) is 6.58 Å². The normalized spacial score (nSPS) is 14.0. The molecule has 1 aliphatic rings. The molecule has 4 aromatic rings. The SMILES string of the molecule is C=CC(=O)Nc1cc(-c2c(-c3ccnc(N4CCN(C)CC4)c3)[nH]c3ncc(C(=O)OC(C)C)cc23)cc(F)c1C. The topological polar surface area (TPSA) is 103 Å². The largest absolute Gasteiger partial charge is 0.459 e. The van der Waals surface area contributed by atoms with Crippen molar-refractivity contribution < 1.29 is 18.7 Å². The van der Waals surface area contributed by atoms with Crippen LogP contribution in [0.5, 0.6) is 0 Å². The maximum atomic E-state index is 15.3. The average Bonchev–Trinajstić information content (AvgIpc) is 3.34. The Kier molecular flexibility index (Phi) is 7.85. The van der Waals surface area contributed by atoms with Crippen molar-refractivity contribution >= 4 is 34.4 Å². The molecule has 1 fully saturated rings. The first kappa shape index (κ1) is 28.0. The van der Waals surface area contributed by atoms with E-state index in [2.05, 4.69) is 43.7 Å². The number of H-pyrrole nitrogens is 1. The van der Waals surface area contributed by atoms with Crippen LogP contribution in [0.25, 0.3) is 33.4 Å². The van der Waals surface area contributed by atoms with Gasteiger partial charge >= 0.3 is 5.97 Å². The third-order valence-corrected chi connectivity index (χ3v) is 7.17. The number of fused-ring (bicyclic) bond motifs is 1. The Labute approximate surface area is 238 Å². The van der Waals surface area contributed by atoms with Gasteiger partial charge in [0.2, 0.25) is 5.91 Å². The number of rotatable bonds is 7. The van der Waals surface area contributed by atoms with Gasteiger partial charge < -0.3 is 24.8 Å². The summed E-state index contributed by atoms with van der Waals surface area (Å²) in [6.45, 7) is 12.2. The molecule has 2 N–H and O–H groups in total. The molecule has 212 valence electrons. The lowest BCUT2D eigenvalue weighted by Crippen LogP contribution is -2.44.